The van der Waals surface area contributed by atoms with Gasteiger partial charge in [0.05, 0.1) is 23.9 Å². The van der Waals surface area contributed by atoms with Gasteiger partial charge in [0, 0.05) is 37.6 Å². The van der Waals surface area contributed by atoms with Gasteiger partial charge in [0.2, 0.25) is 0 Å². The lowest BCUT2D eigenvalue weighted by Crippen LogP contribution is -2.61. The fourth-order valence-corrected chi connectivity index (χ4v) is 7.51. The molecule has 0 bridgehead atoms. The van der Waals surface area contributed by atoms with E-state index in [-0.39, 0.29) is 23.4 Å². The number of rotatable bonds is 6. The molecule has 39 heavy (non-hydrogen) atoms. The highest BCUT2D eigenvalue weighted by atomic mass is 19.4. The summed E-state index contributed by atoms with van der Waals surface area (Å²) in [6.45, 7) is 7.28. The Balaban J connectivity index is 1.31. The van der Waals surface area contributed by atoms with Gasteiger partial charge < -0.3 is 0 Å². The van der Waals surface area contributed by atoms with Gasteiger partial charge in [-0.2, -0.15) is 13.2 Å². The SMILES string of the molecule is C[C@H]1CCCN(Cc2cc(C(F)(F)F)c3cn(C4CCCC([C@@H](C5NNCN5C)N5CCC5)C4)c(=O)n3c2)C1. The van der Waals surface area contributed by atoms with Crippen molar-refractivity contribution in [3.63, 3.8) is 0 Å². The van der Waals surface area contributed by atoms with Gasteiger partial charge in [0.25, 0.3) is 0 Å². The number of imidazole rings is 1. The summed E-state index contributed by atoms with van der Waals surface area (Å²) in [6, 6.07) is 1.46. The number of hydrogen-bond donors (Lipinski definition) is 2. The van der Waals surface area contributed by atoms with E-state index in [1.165, 1.54) is 23.1 Å². The van der Waals surface area contributed by atoms with Gasteiger partial charge in [-0.3, -0.25) is 23.7 Å². The van der Waals surface area contributed by atoms with Crippen LogP contribution in [0, 0.1) is 11.8 Å². The Kier molecular flexibility index (Phi) is 7.56. The minimum atomic E-state index is -4.53. The van der Waals surface area contributed by atoms with Crippen LogP contribution in [0.5, 0.6) is 0 Å². The highest BCUT2D eigenvalue weighted by Crippen LogP contribution is 2.39. The lowest BCUT2D eigenvalue weighted by atomic mass is 9.78. The van der Waals surface area contributed by atoms with Gasteiger partial charge in [0.1, 0.15) is 0 Å². The number of pyridine rings is 1. The molecule has 216 valence electrons. The summed E-state index contributed by atoms with van der Waals surface area (Å²) < 4.78 is 45.7. The Labute approximate surface area is 228 Å². The third-order valence-corrected chi connectivity index (χ3v) is 9.55. The summed E-state index contributed by atoms with van der Waals surface area (Å²) in [5.74, 6) is 0.889. The first-order chi connectivity index (χ1) is 18.7. The highest BCUT2D eigenvalue weighted by Gasteiger charge is 2.43. The van der Waals surface area contributed by atoms with Gasteiger partial charge in [-0.15, -0.1) is 0 Å². The van der Waals surface area contributed by atoms with Crippen molar-refractivity contribution in [2.45, 2.75) is 82.8 Å². The predicted molar refractivity (Wildman–Crippen MR) is 144 cm³/mol. The lowest BCUT2D eigenvalue weighted by molar-refractivity contribution is -0.136. The average Bonchev–Trinajstić information content (AvgIpc) is 3.43. The van der Waals surface area contributed by atoms with Crippen molar-refractivity contribution in [3.8, 4) is 0 Å². The second-order valence-corrected chi connectivity index (χ2v) is 12.5. The molecule has 11 heteroatoms. The Bertz CT molecular complexity index is 1220. The second-order valence-electron chi connectivity index (χ2n) is 12.5. The van der Waals surface area contributed by atoms with E-state index in [0.717, 1.165) is 71.4 Å². The fraction of sp³-hybridized carbons (Fsp3) is 0.750. The third kappa shape index (κ3) is 5.40. The first-order valence-electron chi connectivity index (χ1n) is 14.7. The molecule has 2 N–H and O–H groups in total. The van der Waals surface area contributed by atoms with Crippen LogP contribution < -0.4 is 16.5 Å². The maximum Gasteiger partial charge on any atom is 0.418 e. The molecule has 3 unspecified atom stereocenters. The summed E-state index contributed by atoms with van der Waals surface area (Å²) in [5.41, 5.74) is 6.14. The van der Waals surface area contributed by atoms with E-state index in [4.69, 9.17) is 0 Å². The summed E-state index contributed by atoms with van der Waals surface area (Å²) in [4.78, 5) is 20.7. The summed E-state index contributed by atoms with van der Waals surface area (Å²) in [7, 11) is 2.11. The Morgan fingerprint density at radius 3 is 2.56 bits per heavy atom. The molecule has 0 radical (unpaired) electrons. The maximum absolute atomic E-state index is 14.3. The summed E-state index contributed by atoms with van der Waals surface area (Å²) in [6.07, 6.45) is 5.81. The first kappa shape index (κ1) is 27.3. The van der Waals surface area contributed by atoms with E-state index in [2.05, 4.69) is 39.5 Å². The number of likely N-dealkylation sites (N-methyl/N-ethyl adjacent to an activating group) is 1. The number of aromatic nitrogens is 2. The van der Waals surface area contributed by atoms with E-state index >= 15 is 0 Å². The number of piperidine rings is 1. The zero-order valence-electron chi connectivity index (χ0n) is 23.1. The molecule has 1 aliphatic carbocycles. The fourth-order valence-electron chi connectivity index (χ4n) is 7.51. The van der Waals surface area contributed by atoms with E-state index in [9.17, 15) is 18.0 Å². The number of alkyl halides is 3. The Morgan fingerprint density at radius 2 is 1.90 bits per heavy atom. The molecule has 8 nitrogen and oxygen atoms in total. The topological polar surface area (TPSA) is 60.2 Å². The van der Waals surface area contributed by atoms with Gasteiger partial charge in [-0.05, 0) is 88.7 Å². The van der Waals surface area contributed by atoms with Crippen molar-refractivity contribution in [2.75, 3.05) is 39.9 Å². The van der Waals surface area contributed by atoms with Crippen molar-refractivity contribution in [3.05, 3.63) is 40.1 Å². The van der Waals surface area contributed by atoms with Crippen LogP contribution in [0.1, 0.15) is 69.0 Å². The molecule has 1 saturated carbocycles. The van der Waals surface area contributed by atoms with Crippen molar-refractivity contribution in [1.29, 1.82) is 0 Å². The number of halogens is 3. The van der Waals surface area contributed by atoms with Crippen molar-refractivity contribution < 1.29 is 13.2 Å². The van der Waals surface area contributed by atoms with Crippen molar-refractivity contribution >= 4 is 5.52 Å². The molecule has 2 aromatic rings. The molecule has 4 aliphatic rings. The summed E-state index contributed by atoms with van der Waals surface area (Å²) in [5, 5.41) is 0. The third-order valence-electron chi connectivity index (χ3n) is 9.55. The molecule has 0 spiro atoms. The van der Waals surface area contributed by atoms with E-state index < -0.39 is 11.7 Å². The van der Waals surface area contributed by atoms with Crippen LogP contribution in [-0.2, 0) is 12.7 Å². The monoisotopic (exact) mass is 549 g/mol. The van der Waals surface area contributed by atoms with Gasteiger partial charge in [-0.1, -0.05) is 13.3 Å². The molecule has 2 aromatic heterocycles. The smallest absolute Gasteiger partial charge is 0.299 e. The van der Waals surface area contributed by atoms with Crippen molar-refractivity contribution in [2.24, 2.45) is 11.8 Å². The predicted octanol–water partition coefficient (Wildman–Crippen LogP) is 3.48. The quantitative estimate of drug-likeness (QED) is 0.576. The van der Waals surface area contributed by atoms with Crippen molar-refractivity contribution in [1.82, 2.24) is 34.5 Å². The van der Waals surface area contributed by atoms with Crippen LogP contribution in [0.2, 0.25) is 0 Å². The molecule has 0 amide bonds. The molecule has 4 fully saturated rings. The number of nitrogens with one attached hydrogen (secondary N) is 2. The zero-order valence-corrected chi connectivity index (χ0v) is 23.1. The van der Waals surface area contributed by atoms with Crippen LogP contribution in [0.25, 0.3) is 5.52 Å². The maximum atomic E-state index is 14.3. The highest BCUT2D eigenvalue weighted by molar-refractivity contribution is 5.56. The molecule has 5 atom stereocenters. The molecule has 3 saturated heterocycles. The number of hydrazine groups is 1. The number of likely N-dealkylation sites (tertiary alicyclic amines) is 2. The molecule has 6 rings (SSSR count). The number of fused-ring (bicyclic) bond motifs is 1. The van der Waals surface area contributed by atoms with Crippen LogP contribution >= 0.6 is 0 Å². The van der Waals surface area contributed by atoms with Crippen LogP contribution in [-0.4, -0.2) is 75.8 Å². The summed E-state index contributed by atoms with van der Waals surface area (Å²) >= 11 is 0. The Hall–Kier alpha value is -1.92. The second kappa shape index (κ2) is 10.8. The number of nitrogens with zero attached hydrogens (tertiary/aromatic N) is 5. The minimum Gasteiger partial charge on any atom is -0.299 e. The van der Waals surface area contributed by atoms with E-state index in [0.29, 0.717) is 30.0 Å². The van der Waals surface area contributed by atoms with Crippen LogP contribution in [0.4, 0.5) is 13.2 Å². The lowest BCUT2D eigenvalue weighted by Gasteiger charge is -2.48. The standard InChI is InChI=1S/C28H42F3N7O/c1-19-6-4-9-35(14-19)15-20-12-23(28(29,30)31)24-17-37(27(39)38(24)16-20)22-8-3-7-21(13-22)25(36-10-5-11-36)26-33-32-18-34(26)2/h12,16-17,19,21-22,25-26,32-33H,3-11,13-15,18H2,1-2H3/t19-,21?,22?,25-,26?/m0/s1. The minimum absolute atomic E-state index is 0.0360. The van der Waals surface area contributed by atoms with E-state index in [1.54, 1.807) is 10.8 Å². The molecule has 5 heterocycles. The van der Waals surface area contributed by atoms with Gasteiger partial charge in [-0.25, -0.2) is 15.6 Å². The largest absolute Gasteiger partial charge is 0.418 e. The van der Waals surface area contributed by atoms with Gasteiger partial charge >= 0.3 is 11.9 Å². The number of hydrogen-bond acceptors (Lipinski definition) is 6. The van der Waals surface area contributed by atoms with Gasteiger partial charge in [0.15, 0.2) is 0 Å². The normalized spacial score (nSPS) is 30.6. The average molecular weight is 550 g/mol. The first-order valence-corrected chi connectivity index (χ1v) is 14.7. The van der Waals surface area contributed by atoms with Crippen LogP contribution in [0.3, 0.4) is 0 Å². The van der Waals surface area contributed by atoms with E-state index in [1.807, 2.05) is 0 Å². The Morgan fingerprint density at radius 1 is 1.08 bits per heavy atom. The molecular formula is C28H42F3N7O. The molecule has 0 aromatic carbocycles. The molecular weight excluding hydrogens is 507 g/mol. The van der Waals surface area contributed by atoms with Crippen LogP contribution in [0.15, 0.2) is 23.3 Å². The zero-order chi connectivity index (χ0) is 27.3. The molecule has 3 aliphatic heterocycles.